The summed E-state index contributed by atoms with van der Waals surface area (Å²) < 4.78 is 38.2. The minimum atomic E-state index is -4.43. The van der Waals surface area contributed by atoms with Gasteiger partial charge in [0.25, 0.3) is 11.8 Å². The Kier molecular flexibility index (Phi) is 6.80. The highest BCUT2D eigenvalue weighted by Crippen LogP contribution is 2.29. The van der Waals surface area contributed by atoms with E-state index in [4.69, 9.17) is 0 Å². The zero-order valence-corrected chi connectivity index (χ0v) is 18.2. The zero-order valence-electron chi connectivity index (χ0n) is 18.2. The molecule has 0 radical (unpaired) electrons. The average molecular weight is 472 g/mol. The van der Waals surface area contributed by atoms with Gasteiger partial charge in [-0.05, 0) is 36.4 Å². The first-order chi connectivity index (χ1) is 16.3. The fraction of sp³-hybridized carbons (Fsp3) is 0.304. The van der Waals surface area contributed by atoms with Gasteiger partial charge in [-0.25, -0.2) is 9.97 Å². The Morgan fingerprint density at radius 3 is 2.26 bits per heavy atom. The average Bonchev–Trinajstić information content (AvgIpc) is 3.37. The van der Waals surface area contributed by atoms with Crippen LogP contribution in [0.5, 0.6) is 0 Å². The van der Waals surface area contributed by atoms with Gasteiger partial charge in [-0.1, -0.05) is 0 Å². The Labute approximate surface area is 193 Å². The zero-order chi connectivity index (χ0) is 24.1. The second-order valence-corrected chi connectivity index (χ2v) is 7.84. The maximum absolute atomic E-state index is 12.7. The standard InChI is InChI=1S/C23H23F3N6O2/c24-23(25,26)18-4-1-16(2-5-18)22(34)32-11-9-31(10-12-32)20-6-3-17(13-29-20)21(33)28-8-7-19-14-27-15-30-19/h1-6,13-15H,7-12H2,(H,27,30)(H,28,33). The number of piperazine rings is 1. The molecule has 1 saturated heterocycles. The Bertz CT molecular complexity index is 1110. The van der Waals surface area contributed by atoms with E-state index < -0.39 is 11.7 Å². The lowest BCUT2D eigenvalue weighted by Crippen LogP contribution is -2.49. The molecule has 1 fully saturated rings. The summed E-state index contributed by atoms with van der Waals surface area (Å²) in [6.07, 6.45) is 1.02. The first-order valence-corrected chi connectivity index (χ1v) is 10.7. The largest absolute Gasteiger partial charge is 0.416 e. The van der Waals surface area contributed by atoms with Crippen LogP contribution in [-0.4, -0.2) is 64.4 Å². The quantitative estimate of drug-likeness (QED) is 0.576. The van der Waals surface area contributed by atoms with Gasteiger partial charge in [-0.15, -0.1) is 0 Å². The molecule has 1 aliphatic rings. The first-order valence-electron chi connectivity index (χ1n) is 10.7. The van der Waals surface area contributed by atoms with Gasteiger partial charge in [0.1, 0.15) is 5.82 Å². The van der Waals surface area contributed by atoms with Crippen LogP contribution >= 0.6 is 0 Å². The van der Waals surface area contributed by atoms with E-state index in [9.17, 15) is 22.8 Å². The number of aromatic amines is 1. The Morgan fingerprint density at radius 2 is 1.68 bits per heavy atom. The molecule has 11 heteroatoms. The van der Waals surface area contributed by atoms with E-state index in [0.717, 1.165) is 17.8 Å². The molecule has 1 aliphatic heterocycles. The smallest absolute Gasteiger partial charge is 0.353 e. The molecular formula is C23H23F3N6O2. The van der Waals surface area contributed by atoms with E-state index >= 15 is 0 Å². The Morgan fingerprint density at radius 1 is 0.971 bits per heavy atom. The van der Waals surface area contributed by atoms with Gasteiger partial charge in [0.15, 0.2) is 0 Å². The number of hydrogen-bond acceptors (Lipinski definition) is 5. The van der Waals surface area contributed by atoms with Crippen LogP contribution in [0, 0.1) is 0 Å². The van der Waals surface area contributed by atoms with Crippen LogP contribution in [0.4, 0.5) is 19.0 Å². The molecular weight excluding hydrogens is 449 g/mol. The van der Waals surface area contributed by atoms with E-state index in [1.807, 2.05) is 4.90 Å². The molecule has 0 saturated carbocycles. The van der Waals surface area contributed by atoms with Crippen LogP contribution in [0.15, 0.2) is 55.1 Å². The van der Waals surface area contributed by atoms with Crippen molar-refractivity contribution in [3.05, 3.63) is 77.5 Å². The summed E-state index contributed by atoms with van der Waals surface area (Å²) in [6.45, 7) is 2.34. The number of rotatable bonds is 6. The molecule has 8 nitrogen and oxygen atoms in total. The van der Waals surface area contributed by atoms with Crippen LogP contribution in [0.1, 0.15) is 32.0 Å². The molecule has 4 rings (SSSR count). The van der Waals surface area contributed by atoms with Gasteiger partial charge in [0, 0.05) is 62.8 Å². The highest BCUT2D eigenvalue weighted by Gasteiger charge is 2.30. The van der Waals surface area contributed by atoms with Crippen molar-refractivity contribution in [1.29, 1.82) is 0 Å². The number of nitrogens with one attached hydrogen (secondary N) is 2. The minimum absolute atomic E-state index is 0.217. The maximum Gasteiger partial charge on any atom is 0.416 e. The number of benzene rings is 1. The number of amides is 2. The number of aromatic nitrogens is 3. The number of alkyl halides is 3. The molecule has 2 N–H and O–H groups in total. The van der Waals surface area contributed by atoms with Gasteiger partial charge in [-0.2, -0.15) is 13.2 Å². The highest BCUT2D eigenvalue weighted by molar-refractivity contribution is 5.95. The van der Waals surface area contributed by atoms with Crippen LogP contribution in [-0.2, 0) is 12.6 Å². The molecule has 34 heavy (non-hydrogen) atoms. The second-order valence-electron chi connectivity index (χ2n) is 7.84. The number of H-pyrrole nitrogens is 1. The fourth-order valence-corrected chi connectivity index (χ4v) is 3.66. The predicted molar refractivity (Wildman–Crippen MR) is 118 cm³/mol. The van der Waals surface area contributed by atoms with Crippen molar-refractivity contribution in [1.82, 2.24) is 25.2 Å². The van der Waals surface area contributed by atoms with Crippen LogP contribution in [0.3, 0.4) is 0 Å². The summed E-state index contributed by atoms with van der Waals surface area (Å²) in [7, 11) is 0. The number of anilines is 1. The summed E-state index contributed by atoms with van der Waals surface area (Å²) in [6, 6.07) is 7.71. The van der Waals surface area contributed by atoms with Crippen molar-refractivity contribution in [2.45, 2.75) is 12.6 Å². The van der Waals surface area contributed by atoms with Crippen molar-refractivity contribution < 1.29 is 22.8 Å². The van der Waals surface area contributed by atoms with Gasteiger partial charge in [0.05, 0.1) is 17.5 Å². The second kappa shape index (κ2) is 9.94. The van der Waals surface area contributed by atoms with Crippen LogP contribution in [0.25, 0.3) is 0 Å². The van der Waals surface area contributed by atoms with Crippen LogP contribution < -0.4 is 10.2 Å². The lowest BCUT2D eigenvalue weighted by molar-refractivity contribution is -0.137. The summed E-state index contributed by atoms with van der Waals surface area (Å²) in [5, 5.41) is 2.83. The topological polar surface area (TPSA) is 94.2 Å². The van der Waals surface area contributed by atoms with Gasteiger partial charge < -0.3 is 20.1 Å². The molecule has 2 amide bonds. The maximum atomic E-state index is 12.7. The number of carbonyl (C=O) groups is 2. The summed E-state index contributed by atoms with van der Waals surface area (Å²) in [5.41, 5.74) is 0.826. The molecule has 0 bridgehead atoms. The number of carbonyl (C=O) groups excluding carboxylic acids is 2. The number of imidazole rings is 1. The Hall–Kier alpha value is -3.89. The molecule has 1 aromatic carbocycles. The van der Waals surface area contributed by atoms with Crippen molar-refractivity contribution in [3.63, 3.8) is 0 Å². The number of halogens is 3. The summed E-state index contributed by atoms with van der Waals surface area (Å²) >= 11 is 0. The molecule has 3 aromatic rings. The molecule has 0 aliphatic carbocycles. The van der Waals surface area contributed by atoms with E-state index in [-0.39, 0.29) is 17.4 Å². The van der Waals surface area contributed by atoms with E-state index in [1.54, 1.807) is 29.6 Å². The SMILES string of the molecule is O=C(NCCc1cnc[nH]1)c1ccc(N2CCN(C(=O)c3ccc(C(F)(F)F)cc3)CC2)nc1. The summed E-state index contributed by atoms with van der Waals surface area (Å²) in [4.78, 5) is 39.8. The third kappa shape index (κ3) is 5.53. The van der Waals surface area contributed by atoms with Crippen molar-refractivity contribution >= 4 is 17.6 Å². The normalized spacial score (nSPS) is 14.2. The molecule has 2 aromatic heterocycles. The number of pyridine rings is 1. The highest BCUT2D eigenvalue weighted by atomic mass is 19.4. The van der Waals surface area contributed by atoms with E-state index in [2.05, 4.69) is 20.3 Å². The third-order valence-corrected chi connectivity index (χ3v) is 5.59. The first kappa shape index (κ1) is 23.3. The monoisotopic (exact) mass is 472 g/mol. The minimum Gasteiger partial charge on any atom is -0.353 e. The molecule has 0 spiro atoms. The van der Waals surface area contributed by atoms with Gasteiger partial charge >= 0.3 is 6.18 Å². The molecule has 0 atom stereocenters. The van der Waals surface area contributed by atoms with Crippen LogP contribution in [0.2, 0.25) is 0 Å². The number of nitrogens with zero attached hydrogens (tertiary/aromatic N) is 4. The number of hydrogen-bond donors (Lipinski definition) is 2. The van der Waals surface area contributed by atoms with Gasteiger partial charge in [0.2, 0.25) is 0 Å². The lowest BCUT2D eigenvalue weighted by Gasteiger charge is -2.35. The molecule has 0 unspecified atom stereocenters. The van der Waals surface area contributed by atoms with E-state index in [0.29, 0.717) is 50.5 Å². The Balaban J connectivity index is 1.27. The molecule has 178 valence electrons. The summed E-state index contributed by atoms with van der Waals surface area (Å²) in [5.74, 6) is 0.171. The van der Waals surface area contributed by atoms with Crippen molar-refractivity contribution in [2.24, 2.45) is 0 Å². The fourth-order valence-electron chi connectivity index (χ4n) is 3.66. The van der Waals surface area contributed by atoms with Crippen molar-refractivity contribution in [2.75, 3.05) is 37.6 Å². The molecule has 3 heterocycles. The van der Waals surface area contributed by atoms with Gasteiger partial charge in [-0.3, -0.25) is 9.59 Å². The predicted octanol–water partition coefficient (Wildman–Crippen LogP) is 2.76. The van der Waals surface area contributed by atoms with E-state index in [1.165, 1.54) is 18.3 Å². The lowest BCUT2D eigenvalue weighted by atomic mass is 10.1. The third-order valence-electron chi connectivity index (χ3n) is 5.59. The van der Waals surface area contributed by atoms with Crippen molar-refractivity contribution in [3.8, 4) is 0 Å².